The van der Waals surface area contributed by atoms with Gasteiger partial charge in [0, 0.05) is 56.1 Å². The van der Waals surface area contributed by atoms with Gasteiger partial charge in [0.2, 0.25) is 15.9 Å². The number of hydrogen-bond donors (Lipinski definition) is 3. The van der Waals surface area contributed by atoms with Crippen LogP contribution in [0, 0.1) is 17.7 Å². The predicted octanol–water partition coefficient (Wildman–Crippen LogP) is 3.18. The molecular formula is C34H44FN5O5S. The molecule has 4 atom stereocenters. The van der Waals surface area contributed by atoms with Gasteiger partial charge in [-0.2, -0.15) is 0 Å². The van der Waals surface area contributed by atoms with E-state index in [0.29, 0.717) is 25.2 Å². The first-order valence-electron chi connectivity index (χ1n) is 16.2. The van der Waals surface area contributed by atoms with Gasteiger partial charge in [-0.1, -0.05) is 30.3 Å². The van der Waals surface area contributed by atoms with Crippen molar-refractivity contribution in [3.8, 4) is 0 Å². The van der Waals surface area contributed by atoms with Crippen LogP contribution in [0.5, 0.6) is 0 Å². The van der Waals surface area contributed by atoms with Gasteiger partial charge in [-0.25, -0.2) is 22.3 Å². The third kappa shape index (κ3) is 6.58. The number of urea groups is 1. The standard InChI is InChI=1S/C34H44FN5O5S/c1-3-15-39(33(42)37-19-23-7-13-31(14-8-23)46(44,45)36-2)30-17-28-11-12-29(18-30)40(28)21-26-20-38(32(41)24-9-10-24)22-34(26,43)25-5-4-6-27(35)16-25/h3-8,13-14,16,24,26,28-30,36,43H,1,9-12,15,17-22H2,2H3,(H,37,42)/t26-,28?,29?,30?,34+/m1/s1. The van der Waals surface area contributed by atoms with Crippen LogP contribution in [0.2, 0.25) is 0 Å². The SMILES string of the molecule is C=CCN(C(=O)NCc1ccc(S(=O)(=O)NC)cc1)C1CC2CCC(C1)N2C[C@H]1CN(C(=O)C2CC2)C[C@]1(O)c1cccc(F)c1. The number of benzene rings is 2. The van der Waals surface area contributed by atoms with Crippen LogP contribution in [0.1, 0.15) is 49.7 Å². The van der Waals surface area contributed by atoms with Gasteiger partial charge in [-0.3, -0.25) is 9.69 Å². The van der Waals surface area contributed by atoms with Gasteiger partial charge in [0.15, 0.2) is 0 Å². The number of carbonyl (C=O) groups is 2. The number of hydrogen-bond acceptors (Lipinski definition) is 6. The summed E-state index contributed by atoms with van der Waals surface area (Å²) in [5.74, 6) is -0.544. The molecule has 2 bridgehead atoms. The topological polar surface area (TPSA) is 122 Å². The molecule has 4 aliphatic rings. The molecule has 3 saturated heterocycles. The first-order valence-corrected chi connectivity index (χ1v) is 17.7. The average Bonchev–Trinajstić information content (AvgIpc) is 3.81. The first-order chi connectivity index (χ1) is 22.0. The Morgan fingerprint density at radius 1 is 1.11 bits per heavy atom. The van der Waals surface area contributed by atoms with Gasteiger partial charge >= 0.3 is 6.03 Å². The number of sulfonamides is 1. The molecule has 3 aliphatic heterocycles. The zero-order chi connectivity index (χ0) is 32.6. The molecule has 12 heteroatoms. The van der Waals surface area contributed by atoms with E-state index in [4.69, 9.17) is 0 Å². The molecule has 0 radical (unpaired) electrons. The lowest BCUT2D eigenvalue weighted by molar-refractivity contribution is -0.132. The molecule has 1 saturated carbocycles. The lowest BCUT2D eigenvalue weighted by atomic mass is 9.82. The molecular weight excluding hydrogens is 609 g/mol. The number of likely N-dealkylation sites (tertiary alicyclic amines) is 1. The average molecular weight is 654 g/mol. The van der Waals surface area contributed by atoms with E-state index in [-0.39, 0.29) is 59.9 Å². The van der Waals surface area contributed by atoms with Crippen molar-refractivity contribution >= 4 is 22.0 Å². The molecule has 3 N–H and O–H groups in total. The molecule has 3 amide bonds. The Morgan fingerprint density at radius 3 is 2.41 bits per heavy atom. The second kappa shape index (κ2) is 13.1. The van der Waals surface area contributed by atoms with Crippen molar-refractivity contribution in [3.63, 3.8) is 0 Å². The number of β-amino-alcohol motifs (C(OH)–C–C–N with tert-alkyl or cyclic N) is 1. The van der Waals surface area contributed by atoms with Gasteiger partial charge in [-0.05, 0) is 81.0 Å². The number of halogens is 1. The maximum absolute atomic E-state index is 14.3. The first kappa shape index (κ1) is 32.6. The molecule has 2 aromatic carbocycles. The van der Waals surface area contributed by atoms with E-state index in [9.17, 15) is 27.5 Å². The Balaban J connectivity index is 1.12. The number of nitrogens with one attached hydrogen (secondary N) is 2. The van der Waals surface area contributed by atoms with E-state index in [2.05, 4.69) is 21.5 Å². The Kier molecular flexibility index (Phi) is 9.26. The number of nitrogens with zero attached hydrogens (tertiary/aromatic N) is 3. The summed E-state index contributed by atoms with van der Waals surface area (Å²) in [4.78, 5) is 32.8. The number of fused-ring (bicyclic) bond motifs is 2. The number of piperidine rings is 1. The Bertz CT molecular complexity index is 1550. The summed E-state index contributed by atoms with van der Waals surface area (Å²) < 4.78 is 40.7. The molecule has 0 aromatic heterocycles. The van der Waals surface area contributed by atoms with Crippen molar-refractivity contribution in [1.82, 2.24) is 24.7 Å². The molecule has 46 heavy (non-hydrogen) atoms. The van der Waals surface area contributed by atoms with Crippen LogP contribution in [-0.4, -0.2) is 91.5 Å². The molecule has 10 nitrogen and oxygen atoms in total. The van der Waals surface area contributed by atoms with Crippen molar-refractivity contribution in [3.05, 3.63) is 78.1 Å². The van der Waals surface area contributed by atoms with E-state index in [1.807, 2.05) is 4.90 Å². The fourth-order valence-corrected chi connectivity index (χ4v) is 8.45. The van der Waals surface area contributed by atoms with Crippen molar-refractivity contribution in [2.75, 3.05) is 33.2 Å². The molecule has 248 valence electrons. The largest absolute Gasteiger partial charge is 0.383 e. The van der Waals surface area contributed by atoms with Gasteiger partial charge < -0.3 is 20.2 Å². The highest BCUT2D eigenvalue weighted by atomic mass is 32.2. The van der Waals surface area contributed by atoms with Gasteiger partial charge in [0.25, 0.3) is 0 Å². The molecule has 1 aliphatic carbocycles. The summed E-state index contributed by atoms with van der Waals surface area (Å²) >= 11 is 0. The van der Waals surface area contributed by atoms with Crippen molar-refractivity contribution in [2.24, 2.45) is 11.8 Å². The second-order valence-electron chi connectivity index (χ2n) is 13.3. The summed E-state index contributed by atoms with van der Waals surface area (Å²) in [5, 5.41) is 15.1. The van der Waals surface area contributed by atoms with Gasteiger partial charge in [0.05, 0.1) is 11.4 Å². The third-order valence-electron chi connectivity index (χ3n) is 10.4. The molecule has 3 heterocycles. The number of rotatable bonds is 11. The number of aliphatic hydroxyl groups is 1. The van der Waals surface area contributed by atoms with Gasteiger partial charge in [-0.15, -0.1) is 6.58 Å². The van der Waals surface area contributed by atoms with Gasteiger partial charge in [0.1, 0.15) is 11.4 Å². The van der Waals surface area contributed by atoms with Crippen LogP contribution < -0.4 is 10.0 Å². The maximum atomic E-state index is 14.3. The summed E-state index contributed by atoms with van der Waals surface area (Å²) in [5.41, 5.74) is -0.0426. The third-order valence-corrected chi connectivity index (χ3v) is 11.8. The lowest BCUT2D eigenvalue weighted by Gasteiger charge is -2.45. The summed E-state index contributed by atoms with van der Waals surface area (Å²) in [6.07, 6.45) is 7.05. The van der Waals surface area contributed by atoms with Crippen LogP contribution in [0.3, 0.4) is 0 Å². The lowest BCUT2D eigenvalue weighted by Crippen LogP contribution is -2.55. The summed E-state index contributed by atoms with van der Waals surface area (Å²) in [6.45, 7) is 5.74. The highest BCUT2D eigenvalue weighted by Crippen LogP contribution is 2.44. The molecule has 4 fully saturated rings. The smallest absolute Gasteiger partial charge is 0.318 e. The van der Waals surface area contributed by atoms with E-state index >= 15 is 0 Å². The van der Waals surface area contributed by atoms with E-state index < -0.39 is 21.4 Å². The highest BCUT2D eigenvalue weighted by molar-refractivity contribution is 7.89. The van der Waals surface area contributed by atoms with E-state index in [1.165, 1.54) is 31.3 Å². The van der Waals surface area contributed by atoms with Crippen LogP contribution in [0.15, 0.2) is 66.1 Å². The highest BCUT2D eigenvalue weighted by Gasteiger charge is 2.53. The zero-order valence-corrected chi connectivity index (χ0v) is 27.1. The molecule has 0 spiro atoms. The fraction of sp³-hybridized carbons (Fsp3) is 0.529. The van der Waals surface area contributed by atoms with Crippen molar-refractivity contribution in [1.29, 1.82) is 0 Å². The minimum absolute atomic E-state index is 0.00789. The number of amides is 3. The fourth-order valence-electron chi connectivity index (χ4n) is 7.72. The molecule has 2 aromatic rings. The van der Waals surface area contributed by atoms with E-state index in [0.717, 1.165) is 44.1 Å². The Labute approximate surface area is 270 Å². The Morgan fingerprint density at radius 2 is 1.80 bits per heavy atom. The minimum atomic E-state index is -3.54. The minimum Gasteiger partial charge on any atom is -0.383 e. The van der Waals surface area contributed by atoms with Crippen LogP contribution in [-0.2, 0) is 27.0 Å². The second-order valence-corrected chi connectivity index (χ2v) is 15.2. The van der Waals surface area contributed by atoms with E-state index in [1.54, 1.807) is 35.2 Å². The van der Waals surface area contributed by atoms with Crippen molar-refractivity contribution in [2.45, 2.75) is 73.7 Å². The van der Waals surface area contributed by atoms with Crippen LogP contribution in [0.4, 0.5) is 9.18 Å². The Hall–Kier alpha value is -3.32. The zero-order valence-electron chi connectivity index (χ0n) is 26.3. The summed E-state index contributed by atoms with van der Waals surface area (Å²) in [6, 6.07) is 12.8. The number of carbonyl (C=O) groups excluding carboxylic acids is 2. The molecule has 6 rings (SSSR count). The quantitative estimate of drug-likeness (QED) is 0.321. The van der Waals surface area contributed by atoms with Crippen molar-refractivity contribution < 1.29 is 27.5 Å². The predicted molar refractivity (Wildman–Crippen MR) is 171 cm³/mol. The summed E-state index contributed by atoms with van der Waals surface area (Å²) in [7, 11) is -2.17. The normalized spacial score (nSPS) is 27.8. The monoisotopic (exact) mass is 653 g/mol. The van der Waals surface area contributed by atoms with Crippen LogP contribution >= 0.6 is 0 Å². The van der Waals surface area contributed by atoms with Crippen LogP contribution in [0.25, 0.3) is 0 Å². The maximum Gasteiger partial charge on any atom is 0.318 e. The molecule has 2 unspecified atom stereocenters.